The summed E-state index contributed by atoms with van der Waals surface area (Å²) < 4.78 is 50.1. The van der Waals surface area contributed by atoms with Crippen molar-refractivity contribution in [3.63, 3.8) is 0 Å². The highest BCUT2D eigenvalue weighted by Crippen LogP contribution is 2.33. The molecule has 0 fully saturated rings. The van der Waals surface area contributed by atoms with Crippen molar-refractivity contribution in [2.75, 3.05) is 12.4 Å². The van der Waals surface area contributed by atoms with Gasteiger partial charge in [-0.25, -0.2) is 22.9 Å². The Bertz CT molecular complexity index is 1550. The molecule has 0 aliphatic heterocycles. The van der Waals surface area contributed by atoms with E-state index in [2.05, 4.69) is 10.3 Å². The molecule has 10 heteroatoms. The van der Waals surface area contributed by atoms with Crippen LogP contribution in [0, 0.1) is 17.5 Å². The summed E-state index contributed by atoms with van der Waals surface area (Å²) in [5.74, 6) is -4.84. The van der Waals surface area contributed by atoms with Crippen LogP contribution in [-0.2, 0) is 16.0 Å². The molecule has 1 heterocycles. The molecule has 0 aliphatic rings. The van der Waals surface area contributed by atoms with E-state index in [4.69, 9.17) is 9.84 Å². The number of nitrogens with one attached hydrogen (secondary N) is 1. The number of thiazole rings is 1. The first-order valence-electron chi connectivity index (χ1n) is 12.2. The molecule has 1 aromatic heterocycles. The topological polar surface area (TPSA) is 88.5 Å². The molecule has 1 unspecified atom stereocenters. The summed E-state index contributed by atoms with van der Waals surface area (Å²) in [6.45, 7) is 1.20. The first-order valence-corrected chi connectivity index (χ1v) is 13.1. The van der Waals surface area contributed by atoms with Gasteiger partial charge in [0.25, 0.3) is 5.91 Å². The standard InChI is InChI=1S/C30H25F3N2O4S/c1-17(29(37)38)13-22-23(31)14-19(15-24(22)32)28(36)35-30-34-25(16-40-30)20-9-6-10-21(27(20)33)26(39-2)12-11-18-7-4-3-5-8-18/h3-10,13-16,26H,11-12H2,1-2H3,(H,37,38)(H,34,35,36)/b17-13+. The van der Waals surface area contributed by atoms with Gasteiger partial charge in [-0.15, -0.1) is 11.3 Å². The van der Waals surface area contributed by atoms with Crippen LogP contribution in [0.25, 0.3) is 17.3 Å². The van der Waals surface area contributed by atoms with E-state index >= 15 is 4.39 Å². The van der Waals surface area contributed by atoms with E-state index < -0.39 is 41.0 Å². The fourth-order valence-electron chi connectivity index (χ4n) is 4.09. The molecular weight excluding hydrogens is 541 g/mol. The van der Waals surface area contributed by atoms with Gasteiger partial charge in [-0.2, -0.15) is 0 Å². The Kier molecular flexibility index (Phi) is 9.13. The second-order valence-electron chi connectivity index (χ2n) is 8.94. The number of hydrogen-bond acceptors (Lipinski definition) is 5. The van der Waals surface area contributed by atoms with E-state index in [9.17, 15) is 18.4 Å². The zero-order valence-corrected chi connectivity index (χ0v) is 22.4. The highest BCUT2D eigenvalue weighted by atomic mass is 32.1. The monoisotopic (exact) mass is 566 g/mol. The van der Waals surface area contributed by atoms with Crippen LogP contribution in [0.4, 0.5) is 18.3 Å². The van der Waals surface area contributed by atoms with Crippen molar-refractivity contribution in [3.8, 4) is 11.3 Å². The lowest BCUT2D eigenvalue weighted by Crippen LogP contribution is -2.13. The molecule has 206 valence electrons. The number of halogens is 3. The number of aliphatic carboxylic acids is 1. The summed E-state index contributed by atoms with van der Waals surface area (Å²) in [6.07, 6.45) is 1.63. The maximum absolute atomic E-state index is 15.6. The zero-order chi connectivity index (χ0) is 28.8. The number of hydrogen-bond donors (Lipinski definition) is 2. The Hall–Kier alpha value is -4.28. The Labute approximate surface area is 232 Å². The number of carboxylic acids is 1. The molecule has 2 N–H and O–H groups in total. The third kappa shape index (κ3) is 6.64. The van der Waals surface area contributed by atoms with Crippen molar-refractivity contribution in [3.05, 3.63) is 111 Å². The van der Waals surface area contributed by atoms with Crippen molar-refractivity contribution in [2.45, 2.75) is 25.9 Å². The van der Waals surface area contributed by atoms with Gasteiger partial charge in [0.2, 0.25) is 0 Å². The summed E-state index contributed by atoms with van der Waals surface area (Å²) >= 11 is 1.02. The molecule has 3 aromatic carbocycles. The maximum atomic E-state index is 15.6. The molecule has 6 nitrogen and oxygen atoms in total. The minimum Gasteiger partial charge on any atom is -0.478 e. The van der Waals surface area contributed by atoms with Crippen molar-refractivity contribution in [1.82, 2.24) is 4.98 Å². The van der Waals surface area contributed by atoms with E-state index in [1.165, 1.54) is 14.0 Å². The third-order valence-corrected chi connectivity index (χ3v) is 7.00. The maximum Gasteiger partial charge on any atom is 0.331 e. The number of carboxylic acid groups (broad SMARTS) is 1. The Morgan fingerprint density at radius 3 is 2.42 bits per heavy atom. The predicted molar refractivity (Wildman–Crippen MR) is 148 cm³/mol. The number of rotatable bonds is 10. The Morgan fingerprint density at radius 1 is 1.07 bits per heavy atom. The number of benzene rings is 3. The van der Waals surface area contributed by atoms with Crippen molar-refractivity contribution in [2.24, 2.45) is 0 Å². The number of aryl methyl sites for hydroxylation is 1. The first kappa shape index (κ1) is 28.7. The quantitative estimate of drug-likeness (QED) is 0.197. The number of ether oxygens (including phenoxy) is 1. The van der Waals surface area contributed by atoms with Gasteiger partial charge in [0, 0.05) is 40.3 Å². The number of aromatic nitrogens is 1. The summed E-state index contributed by atoms with van der Waals surface area (Å²) in [6, 6.07) is 16.4. The average Bonchev–Trinajstić information content (AvgIpc) is 3.40. The van der Waals surface area contributed by atoms with Gasteiger partial charge in [0.15, 0.2) is 5.13 Å². The molecule has 0 radical (unpaired) electrons. The summed E-state index contributed by atoms with van der Waals surface area (Å²) in [4.78, 5) is 27.9. The minimum atomic E-state index is -1.33. The van der Waals surface area contributed by atoms with E-state index in [-0.39, 0.29) is 27.5 Å². The second-order valence-corrected chi connectivity index (χ2v) is 9.79. The third-order valence-electron chi connectivity index (χ3n) is 6.24. The van der Waals surface area contributed by atoms with E-state index in [0.717, 1.165) is 35.1 Å². The average molecular weight is 567 g/mol. The van der Waals surface area contributed by atoms with Gasteiger partial charge in [0.1, 0.15) is 17.5 Å². The van der Waals surface area contributed by atoms with Crippen molar-refractivity contribution >= 4 is 34.4 Å². The molecule has 4 aromatic rings. The van der Waals surface area contributed by atoms with Crippen LogP contribution in [-0.4, -0.2) is 29.1 Å². The van der Waals surface area contributed by atoms with Crippen LogP contribution >= 0.6 is 11.3 Å². The highest BCUT2D eigenvalue weighted by Gasteiger charge is 2.21. The van der Waals surface area contributed by atoms with E-state index in [1.54, 1.807) is 23.6 Å². The Morgan fingerprint density at radius 2 is 1.77 bits per heavy atom. The van der Waals surface area contributed by atoms with Gasteiger partial charge < -0.3 is 9.84 Å². The molecule has 1 atom stereocenters. The molecule has 0 saturated heterocycles. The lowest BCUT2D eigenvalue weighted by molar-refractivity contribution is -0.132. The number of nitrogens with zero attached hydrogens (tertiary/aromatic N) is 1. The van der Waals surface area contributed by atoms with Crippen molar-refractivity contribution < 1.29 is 32.6 Å². The smallest absolute Gasteiger partial charge is 0.331 e. The number of amides is 1. The molecule has 0 aliphatic carbocycles. The van der Waals surface area contributed by atoms with Gasteiger partial charge in [-0.1, -0.05) is 42.5 Å². The molecule has 40 heavy (non-hydrogen) atoms. The van der Waals surface area contributed by atoms with Crippen LogP contribution in [0.15, 0.2) is 71.6 Å². The first-order chi connectivity index (χ1) is 19.2. The second kappa shape index (κ2) is 12.7. The SMILES string of the molecule is COC(CCc1ccccc1)c1cccc(-c2csc(NC(=O)c3cc(F)c(/C=C(\C)C(=O)O)c(F)c3)n2)c1F. The summed E-state index contributed by atoms with van der Waals surface area (Å²) in [5, 5.41) is 13.1. The van der Waals surface area contributed by atoms with Gasteiger partial charge in [-0.3, -0.25) is 10.1 Å². The van der Waals surface area contributed by atoms with Gasteiger partial charge >= 0.3 is 5.97 Å². The summed E-state index contributed by atoms with van der Waals surface area (Å²) in [7, 11) is 1.53. The minimum absolute atomic E-state index is 0.101. The number of anilines is 1. The molecule has 0 saturated carbocycles. The summed E-state index contributed by atoms with van der Waals surface area (Å²) in [5.41, 5.74) is 0.829. The fourth-order valence-corrected chi connectivity index (χ4v) is 4.80. The molecule has 0 bridgehead atoms. The van der Waals surface area contributed by atoms with Crippen LogP contribution in [0.3, 0.4) is 0 Å². The largest absolute Gasteiger partial charge is 0.478 e. The lowest BCUT2D eigenvalue weighted by atomic mass is 9.98. The molecule has 0 spiro atoms. The van der Waals surface area contributed by atoms with Crippen LogP contribution < -0.4 is 5.32 Å². The van der Waals surface area contributed by atoms with Gasteiger partial charge in [-0.05, 0) is 49.6 Å². The number of carbonyl (C=O) groups is 2. The Balaban J connectivity index is 1.51. The number of methoxy groups -OCH3 is 1. The molecule has 4 rings (SSSR count). The fraction of sp³-hybridized carbons (Fsp3) is 0.167. The van der Waals surface area contributed by atoms with Crippen LogP contribution in [0.1, 0.15) is 46.5 Å². The predicted octanol–water partition coefficient (Wildman–Crippen LogP) is 7.29. The normalized spacial score (nSPS) is 12.3. The number of carbonyl (C=O) groups excluding carboxylic acids is 1. The van der Waals surface area contributed by atoms with Crippen LogP contribution in [0.2, 0.25) is 0 Å². The van der Waals surface area contributed by atoms with Crippen LogP contribution in [0.5, 0.6) is 0 Å². The highest BCUT2D eigenvalue weighted by molar-refractivity contribution is 7.14. The molecular formula is C30H25F3N2O4S. The molecule has 1 amide bonds. The van der Waals surface area contributed by atoms with E-state index in [0.29, 0.717) is 18.4 Å². The van der Waals surface area contributed by atoms with E-state index in [1.807, 2.05) is 30.3 Å². The lowest BCUT2D eigenvalue weighted by Gasteiger charge is -2.18. The van der Waals surface area contributed by atoms with Gasteiger partial charge in [0.05, 0.1) is 11.8 Å². The van der Waals surface area contributed by atoms with Crippen molar-refractivity contribution in [1.29, 1.82) is 0 Å². The zero-order valence-electron chi connectivity index (χ0n) is 21.6.